The molecule has 0 aliphatic carbocycles. The molecule has 0 fully saturated rings. The van der Waals surface area contributed by atoms with Crippen LogP contribution in [0.25, 0.3) is 22.2 Å². The third-order valence-corrected chi connectivity index (χ3v) is 5.22. The van der Waals surface area contributed by atoms with Crippen molar-refractivity contribution in [2.75, 3.05) is 6.54 Å². The Morgan fingerprint density at radius 2 is 1.75 bits per heavy atom. The molecule has 2 aromatic carbocycles. The number of hydrogen-bond acceptors (Lipinski definition) is 5. The lowest BCUT2D eigenvalue weighted by molar-refractivity contribution is -0.121. The summed E-state index contributed by atoms with van der Waals surface area (Å²) in [5.74, 6) is -0.230. The average Bonchev–Trinajstić information content (AvgIpc) is 2.80. The standard InChI is InChI=1S/C23H20ClN5O3/c24-17-7-5-16(6-8-17)19-9-10-22(31)29(27-19)14-12-25-21(30)11-13-28-15-26-20-4-2-1-3-18(20)23(28)32/h1-10,15H,11-14H2,(H,25,30). The maximum Gasteiger partial charge on any atom is 0.266 e. The number of carbonyl (C=O) groups excluding carboxylic acids is 1. The fraction of sp³-hybridized carbons (Fsp3) is 0.174. The summed E-state index contributed by atoms with van der Waals surface area (Å²) >= 11 is 5.91. The summed E-state index contributed by atoms with van der Waals surface area (Å²) < 4.78 is 2.73. The summed E-state index contributed by atoms with van der Waals surface area (Å²) in [5.41, 5.74) is 1.65. The van der Waals surface area contributed by atoms with Crippen molar-refractivity contribution in [1.82, 2.24) is 24.6 Å². The number of aryl methyl sites for hydroxylation is 1. The SMILES string of the molecule is O=C(CCn1cnc2ccccc2c1=O)NCCn1nc(-c2ccc(Cl)cc2)ccc1=O. The summed E-state index contributed by atoms with van der Waals surface area (Å²) in [7, 11) is 0. The van der Waals surface area contributed by atoms with Crippen LogP contribution in [0.2, 0.25) is 5.02 Å². The van der Waals surface area contributed by atoms with Gasteiger partial charge in [-0.05, 0) is 30.3 Å². The molecule has 8 nitrogen and oxygen atoms in total. The third kappa shape index (κ3) is 4.92. The normalized spacial score (nSPS) is 10.9. The number of benzene rings is 2. The van der Waals surface area contributed by atoms with Gasteiger partial charge in [0.1, 0.15) is 0 Å². The first kappa shape index (κ1) is 21.5. The predicted octanol–water partition coefficient (Wildman–Crippen LogP) is 2.48. The molecule has 2 heterocycles. The molecule has 9 heteroatoms. The van der Waals surface area contributed by atoms with Gasteiger partial charge in [0.25, 0.3) is 11.1 Å². The van der Waals surface area contributed by atoms with E-state index in [4.69, 9.17) is 11.6 Å². The molecular weight excluding hydrogens is 430 g/mol. The van der Waals surface area contributed by atoms with Gasteiger partial charge in [-0.25, -0.2) is 9.67 Å². The summed E-state index contributed by atoms with van der Waals surface area (Å²) in [6, 6.07) is 17.3. The van der Waals surface area contributed by atoms with Crippen molar-refractivity contribution in [3.63, 3.8) is 0 Å². The van der Waals surface area contributed by atoms with Gasteiger partial charge in [-0.2, -0.15) is 5.10 Å². The van der Waals surface area contributed by atoms with Crippen molar-refractivity contribution < 1.29 is 4.79 Å². The lowest BCUT2D eigenvalue weighted by atomic mass is 10.1. The molecule has 0 unspecified atom stereocenters. The Hall–Kier alpha value is -3.78. The van der Waals surface area contributed by atoms with Gasteiger partial charge in [0.2, 0.25) is 5.91 Å². The highest BCUT2D eigenvalue weighted by molar-refractivity contribution is 6.30. The molecule has 0 aliphatic rings. The highest BCUT2D eigenvalue weighted by Gasteiger charge is 2.08. The van der Waals surface area contributed by atoms with Crippen molar-refractivity contribution in [3.8, 4) is 11.3 Å². The Bertz CT molecular complexity index is 1380. The molecule has 162 valence electrons. The Kier molecular flexibility index (Phi) is 6.42. The second-order valence-electron chi connectivity index (χ2n) is 7.15. The Labute approximate surface area is 188 Å². The zero-order chi connectivity index (χ0) is 22.5. The van der Waals surface area contributed by atoms with E-state index in [9.17, 15) is 14.4 Å². The molecular formula is C23H20ClN5O3. The Morgan fingerprint density at radius 1 is 0.969 bits per heavy atom. The minimum absolute atomic E-state index is 0.118. The number of carbonyl (C=O) groups is 1. The number of amides is 1. The second-order valence-corrected chi connectivity index (χ2v) is 7.58. The van der Waals surface area contributed by atoms with E-state index in [1.54, 1.807) is 36.4 Å². The number of rotatable bonds is 7. The van der Waals surface area contributed by atoms with Crippen molar-refractivity contribution in [1.29, 1.82) is 0 Å². The zero-order valence-corrected chi connectivity index (χ0v) is 17.8. The van der Waals surface area contributed by atoms with Crippen LogP contribution in [0, 0.1) is 0 Å². The number of aromatic nitrogens is 4. The Balaban J connectivity index is 1.34. The van der Waals surface area contributed by atoms with E-state index in [1.807, 2.05) is 18.2 Å². The van der Waals surface area contributed by atoms with E-state index in [2.05, 4.69) is 15.4 Å². The van der Waals surface area contributed by atoms with Gasteiger partial charge < -0.3 is 5.32 Å². The number of halogens is 1. The van der Waals surface area contributed by atoms with Gasteiger partial charge in [0.15, 0.2) is 0 Å². The van der Waals surface area contributed by atoms with Crippen LogP contribution in [-0.2, 0) is 17.9 Å². The van der Waals surface area contributed by atoms with E-state index in [-0.39, 0.29) is 43.1 Å². The smallest absolute Gasteiger partial charge is 0.266 e. The molecule has 0 saturated carbocycles. The highest BCUT2D eigenvalue weighted by atomic mass is 35.5. The molecule has 0 spiro atoms. The quantitative estimate of drug-likeness (QED) is 0.467. The first-order chi connectivity index (χ1) is 15.5. The largest absolute Gasteiger partial charge is 0.354 e. The lowest BCUT2D eigenvalue weighted by Gasteiger charge is -2.09. The van der Waals surface area contributed by atoms with Gasteiger partial charge in [0, 0.05) is 36.2 Å². The highest BCUT2D eigenvalue weighted by Crippen LogP contribution is 2.18. The van der Waals surface area contributed by atoms with Crippen molar-refractivity contribution in [3.05, 3.63) is 92.7 Å². The van der Waals surface area contributed by atoms with E-state index >= 15 is 0 Å². The molecule has 4 aromatic rings. The number of fused-ring (bicyclic) bond motifs is 1. The van der Waals surface area contributed by atoms with Crippen molar-refractivity contribution in [2.24, 2.45) is 0 Å². The fourth-order valence-electron chi connectivity index (χ4n) is 3.26. The molecule has 1 amide bonds. The van der Waals surface area contributed by atoms with Gasteiger partial charge in [-0.1, -0.05) is 35.9 Å². The summed E-state index contributed by atoms with van der Waals surface area (Å²) in [5, 5.41) is 8.25. The minimum Gasteiger partial charge on any atom is -0.354 e. The number of nitrogens with one attached hydrogen (secondary N) is 1. The van der Waals surface area contributed by atoms with Gasteiger partial charge in [0.05, 0.1) is 29.5 Å². The summed E-state index contributed by atoms with van der Waals surface area (Å²) in [6.07, 6.45) is 1.57. The maximum absolute atomic E-state index is 12.5. The van der Waals surface area contributed by atoms with Crippen molar-refractivity contribution >= 4 is 28.4 Å². The average molecular weight is 450 g/mol. The Morgan fingerprint density at radius 3 is 2.56 bits per heavy atom. The van der Waals surface area contributed by atoms with Gasteiger partial charge >= 0.3 is 0 Å². The molecule has 0 radical (unpaired) electrons. The van der Waals surface area contributed by atoms with Crippen LogP contribution < -0.4 is 16.4 Å². The summed E-state index contributed by atoms with van der Waals surface area (Å²) in [6.45, 7) is 0.677. The van der Waals surface area contributed by atoms with Crippen molar-refractivity contribution in [2.45, 2.75) is 19.5 Å². The van der Waals surface area contributed by atoms with Crippen LogP contribution in [0.15, 0.2) is 76.6 Å². The van der Waals surface area contributed by atoms with E-state index < -0.39 is 0 Å². The van der Waals surface area contributed by atoms with Crippen LogP contribution in [0.3, 0.4) is 0 Å². The van der Waals surface area contributed by atoms with Crippen LogP contribution in [0.1, 0.15) is 6.42 Å². The summed E-state index contributed by atoms with van der Waals surface area (Å²) in [4.78, 5) is 41.1. The minimum atomic E-state index is -0.259. The van der Waals surface area contributed by atoms with Crippen LogP contribution >= 0.6 is 11.6 Å². The number of para-hydroxylation sites is 1. The lowest BCUT2D eigenvalue weighted by Crippen LogP contribution is -2.33. The molecule has 1 N–H and O–H groups in total. The molecule has 0 atom stereocenters. The maximum atomic E-state index is 12.5. The van der Waals surface area contributed by atoms with E-state index in [1.165, 1.54) is 21.6 Å². The molecule has 0 saturated heterocycles. The van der Waals surface area contributed by atoms with Gasteiger partial charge in [-0.3, -0.25) is 19.0 Å². The molecule has 4 rings (SSSR count). The molecule has 0 bridgehead atoms. The van der Waals surface area contributed by atoms with Crippen LogP contribution in [0.5, 0.6) is 0 Å². The zero-order valence-electron chi connectivity index (χ0n) is 17.1. The van der Waals surface area contributed by atoms with Crippen LogP contribution in [-0.4, -0.2) is 31.8 Å². The number of nitrogens with zero attached hydrogens (tertiary/aromatic N) is 4. The van der Waals surface area contributed by atoms with Crippen LogP contribution in [0.4, 0.5) is 0 Å². The topological polar surface area (TPSA) is 98.9 Å². The first-order valence-corrected chi connectivity index (χ1v) is 10.4. The van der Waals surface area contributed by atoms with Gasteiger partial charge in [-0.15, -0.1) is 0 Å². The molecule has 32 heavy (non-hydrogen) atoms. The number of hydrogen-bond donors (Lipinski definition) is 1. The van der Waals surface area contributed by atoms with E-state index in [0.717, 1.165) is 5.56 Å². The monoisotopic (exact) mass is 449 g/mol. The second kappa shape index (κ2) is 9.57. The fourth-order valence-corrected chi connectivity index (χ4v) is 3.39. The molecule has 2 aromatic heterocycles. The predicted molar refractivity (Wildman–Crippen MR) is 123 cm³/mol. The van der Waals surface area contributed by atoms with E-state index in [0.29, 0.717) is 21.6 Å². The third-order valence-electron chi connectivity index (χ3n) is 4.96. The molecule has 0 aliphatic heterocycles. The first-order valence-electron chi connectivity index (χ1n) is 10.1.